The topological polar surface area (TPSA) is 105 Å². The Bertz CT molecular complexity index is 1230. The highest BCUT2D eigenvalue weighted by Gasteiger charge is 2.85. The van der Waals surface area contributed by atoms with Crippen LogP contribution in [-0.2, 0) is 23.4 Å². The molecule has 11 heteroatoms. The second-order valence-corrected chi connectivity index (χ2v) is 18.3. The molecular weight excluding hydrogens is 492 g/mol. The average Bonchev–Trinajstić information content (AvgIpc) is 2.99. The number of aromatic nitrogens is 3. The van der Waals surface area contributed by atoms with Gasteiger partial charge in [0.05, 0.1) is 12.3 Å². The molecule has 2 aromatic rings. The molecule has 204 valence electrons. The van der Waals surface area contributed by atoms with Crippen molar-refractivity contribution in [3.05, 3.63) is 24.2 Å². The number of carbonyl (C=O) groups is 1. The number of fused-ring (bicyclic) bond motifs is 1. The highest BCUT2D eigenvalue weighted by atomic mass is 28.4. The molecule has 2 aromatic heterocycles. The summed E-state index contributed by atoms with van der Waals surface area (Å²) in [6, 6.07) is 3.80. The maximum Gasteiger partial charge on any atom is 0.413 e. The molecular formula is C26H40N4O6Si. The molecule has 0 aromatic carbocycles. The Labute approximate surface area is 219 Å². The van der Waals surface area contributed by atoms with Crippen molar-refractivity contribution in [1.29, 1.82) is 0 Å². The molecule has 1 saturated carbocycles. The van der Waals surface area contributed by atoms with Crippen LogP contribution in [-0.4, -0.2) is 64.3 Å². The zero-order valence-electron chi connectivity index (χ0n) is 23.6. The molecule has 5 rings (SSSR count). The molecule has 37 heavy (non-hydrogen) atoms. The van der Waals surface area contributed by atoms with Gasteiger partial charge < -0.3 is 23.4 Å². The van der Waals surface area contributed by atoms with E-state index in [4.69, 9.17) is 23.4 Å². The Morgan fingerprint density at radius 3 is 2.54 bits per heavy atom. The molecule has 3 fully saturated rings. The molecule has 2 aliphatic heterocycles. The molecule has 0 bridgehead atoms. The van der Waals surface area contributed by atoms with Gasteiger partial charge in [0.2, 0.25) is 0 Å². The Morgan fingerprint density at radius 1 is 1.19 bits per heavy atom. The summed E-state index contributed by atoms with van der Waals surface area (Å²) < 4.78 is 33.5. The van der Waals surface area contributed by atoms with Gasteiger partial charge in [0.15, 0.2) is 19.9 Å². The summed E-state index contributed by atoms with van der Waals surface area (Å²) in [5.74, 6) is -0.384. The molecule has 1 spiro atoms. The maximum atomic E-state index is 12.4. The quantitative estimate of drug-likeness (QED) is 0.524. The van der Waals surface area contributed by atoms with Crippen molar-refractivity contribution in [2.75, 3.05) is 11.9 Å². The van der Waals surface area contributed by atoms with Crippen LogP contribution in [0.1, 0.15) is 73.6 Å². The van der Waals surface area contributed by atoms with Crippen LogP contribution in [0.5, 0.6) is 0 Å². The van der Waals surface area contributed by atoms with E-state index < -0.39 is 43.1 Å². The van der Waals surface area contributed by atoms with E-state index in [2.05, 4.69) is 49.3 Å². The molecule has 0 unspecified atom stereocenters. The number of ether oxygens (including phenoxy) is 4. The Hall–Kier alpha value is -2.05. The minimum absolute atomic E-state index is 0.0849. The fourth-order valence-electron chi connectivity index (χ4n) is 5.15. The minimum atomic E-state index is -2.00. The summed E-state index contributed by atoms with van der Waals surface area (Å²) in [7, 11) is -2.00. The normalized spacial score (nSPS) is 30.8. The number of nitrogens with one attached hydrogen (secondary N) is 1. The van der Waals surface area contributed by atoms with Crippen LogP contribution < -0.4 is 5.32 Å². The summed E-state index contributed by atoms with van der Waals surface area (Å²) in [5, 5.41) is 7.29. The van der Waals surface area contributed by atoms with E-state index in [-0.39, 0.29) is 11.1 Å². The van der Waals surface area contributed by atoms with E-state index in [0.29, 0.717) is 17.9 Å². The van der Waals surface area contributed by atoms with Crippen LogP contribution in [0.15, 0.2) is 18.5 Å². The predicted molar refractivity (Wildman–Crippen MR) is 140 cm³/mol. The van der Waals surface area contributed by atoms with Crippen LogP contribution in [0.4, 0.5) is 10.6 Å². The number of amides is 1. The van der Waals surface area contributed by atoms with Gasteiger partial charge in [-0.15, -0.1) is 0 Å². The Kier molecular flexibility index (Phi) is 5.73. The number of nitrogens with zero attached hydrogens (tertiary/aromatic N) is 3. The summed E-state index contributed by atoms with van der Waals surface area (Å²) >= 11 is 0. The zero-order chi connectivity index (χ0) is 27.2. The zero-order valence-corrected chi connectivity index (χ0v) is 24.6. The molecule has 4 heterocycles. The molecule has 10 nitrogen and oxygen atoms in total. The van der Waals surface area contributed by atoms with Gasteiger partial charge in [-0.2, -0.15) is 5.10 Å². The van der Waals surface area contributed by atoms with Crippen LogP contribution in [0.2, 0.25) is 18.1 Å². The lowest BCUT2D eigenvalue weighted by Gasteiger charge is -2.37. The second kappa shape index (κ2) is 7.98. The third-order valence-corrected chi connectivity index (χ3v) is 12.5. The maximum absolute atomic E-state index is 12.4. The molecule has 3 aliphatic rings. The average molecular weight is 533 g/mol. The van der Waals surface area contributed by atoms with Crippen molar-refractivity contribution in [2.24, 2.45) is 0 Å². The largest absolute Gasteiger partial charge is 0.444 e. The lowest BCUT2D eigenvalue weighted by Crippen LogP contribution is -2.44. The van der Waals surface area contributed by atoms with Gasteiger partial charge in [-0.3, -0.25) is 5.32 Å². The van der Waals surface area contributed by atoms with Crippen molar-refractivity contribution in [2.45, 2.75) is 115 Å². The third-order valence-electron chi connectivity index (χ3n) is 7.98. The number of rotatable bonds is 5. The van der Waals surface area contributed by atoms with Crippen LogP contribution in [0.3, 0.4) is 0 Å². The molecule has 1 amide bonds. The van der Waals surface area contributed by atoms with Gasteiger partial charge in [-0.05, 0) is 64.9 Å². The van der Waals surface area contributed by atoms with Crippen molar-refractivity contribution >= 4 is 25.7 Å². The highest BCUT2D eigenvalue weighted by molar-refractivity contribution is 6.74. The van der Waals surface area contributed by atoms with Crippen molar-refractivity contribution < 1.29 is 28.2 Å². The van der Waals surface area contributed by atoms with E-state index in [1.807, 2.05) is 46.8 Å². The Morgan fingerprint density at radius 2 is 1.89 bits per heavy atom. The number of anilines is 1. The second-order valence-electron chi connectivity index (χ2n) is 13.5. The van der Waals surface area contributed by atoms with E-state index in [0.717, 1.165) is 12.1 Å². The Balaban J connectivity index is 1.44. The molecule has 2 saturated heterocycles. The number of hydrogen-bond acceptors (Lipinski definition) is 8. The lowest BCUT2D eigenvalue weighted by atomic mass is 10.0. The summed E-state index contributed by atoms with van der Waals surface area (Å²) in [6.45, 7) is 21.0. The van der Waals surface area contributed by atoms with Crippen LogP contribution in [0.25, 0.3) is 5.52 Å². The molecule has 4 atom stereocenters. The van der Waals surface area contributed by atoms with Gasteiger partial charge in [0.1, 0.15) is 40.9 Å². The first-order valence-electron chi connectivity index (χ1n) is 12.9. The molecule has 0 radical (unpaired) electrons. The first kappa shape index (κ1) is 26.5. The fourth-order valence-corrected chi connectivity index (χ4v) is 6.17. The standard InChI is InChI=1S/C26H40N4O6Si/c1-22(2,3)35-21(31)29-20-17-12-11-16(30(17)28-15-27-20)18-19-26(36-24(7,8)34-19)13-25(26,33-18)14-32-37(9,10)23(4,5)6/h11-12,15,18-19H,13-14H2,1-10H3,(H,27,28,29,31)/t18-,19-,25+,26-/m0/s1. The molecule has 1 aliphatic carbocycles. The number of hydrogen-bond donors (Lipinski definition) is 1. The minimum Gasteiger partial charge on any atom is -0.444 e. The van der Waals surface area contributed by atoms with Crippen molar-refractivity contribution in [3.63, 3.8) is 0 Å². The molecule has 1 N–H and O–H groups in total. The fraction of sp³-hybridized carbons (Fsp3) is 0.731. The first-order chi connectivity index (χ1) is 16.9. The summed E-state index contributed by atoms with van der Waals surface area (Å²) in [5.41, 5.74) is -0.347. The SMILES string of the molecule is CC(C)(C)OC(=O)Nc1ncnn2c([C@@H]3O[C@@]4(CO[Si](C)(C)C(C)(C)C)C[C@@]45OC(C)(C)O[C@@H]35)ccc12. The lowest BCUT2D eigenvalue weighted by molar-refractivity contribution is -0.191. The van der Waals surface area contributed by atoms with Gasteiger partial charge in [0, 0.05) is 6.42 Å². The van der Waals surface area contributed by atoms with Gasteiger partial charge in [-0.1, -0.05) is 20.8 Å². The third kappa shape index (κ3) is 4.38. The summed E-state index contributed by atoms with van der Waals surface area (Å²) in [6.07, 6.45) is 0.805. The summed E-state index contributed by atoms with van der Waals surface area (Å²) in [4.78, 5) is 16.7. The van der Waals surface area contributed by atoms with E-state index in [1.54, 1.807) is 4.52 Å². The van der Waals surface area contributed by atoms with E-state index in [1.165, 1.54) is 6.33 Å². The smallest absolute Gasteiger partial charge is 0.413 e. The van der Waals surface area contributed by atoms with Crippen molar-refractivity contribution in [1.82, 2.24) is 14.6 Å². The van der Waals surface area contributed by atoms with Gasteiger partial charge >= 0.3 is 6.09 Å². The monoisotopic (exact) mass is 532 g/mol. The van der Waals surface area contributed by atoms with Gasteiger partial charge in [0.25, 0.3) is 0 Å². The van der Waals surface area contributed by atoms with E-state index in [9.17, 15) is 4.79 Å². The highest BCUT2D eigenvalue weighted by Crippen LogP contribution is 2.71. The first-order valence-corrected chi connectivity index (χ1v) is 15.8. The van der Waals surface area contributed by atoms with Crippen molar-refractivity contribution in [3.8, 4) is 0 Å². The number of carbonyl (C=O) groups excluding carboxylic acids is 1. The van der Waals surface area contributed by atoms with Crippen LogP contribution in [0, 0.1) is 0 Å². The van der Waals surface area contributed by atoms with Gasteiger partial charge in [-0.25, -0.2) is 14.3 Å². The predicted octanol–water partition coefficient (Wildman–Crippen LogP) is 5.20. The van der Waals surface area contributed by atoms with Crippen LogP contribution >= 0.6 is 0 Å². The van der Waals surface area contributed by atoms with E-state index >= 15 is 0 Å².